The molecule has 0 radical (unpaired) electrons. The maximum atomic E-state index is 12.7. The van der Waals surface area contributed by atoms with E-state index in [0.29, 0.717) is 178 Å². The number of aliphatic hydroxyl groups excluding tert-OH is 1. The Morgan fingerprint density at radius 1 is 0.639 bits per heavy atom. The molecular weight excluding hydrogens is 1680 g/mol. The number of unbranched alkanes of at least 4 members (excludes halogenated alkanes) is 2. The van der Waals surface area contributed by atoms with Crippen LogP contribution in [0.2, 0.25) is 0 Å². The van der Waals surface area contributed by atoms with E-state index in [1.807, 2.05) is 70.0 Å². The average Bonchev–Trinajstić information content (AvgIpc) is 1.59. The number of nitrogens with zero attached hydrogens (tertiary/aromatic N) is 3. The lowest BCUT2D eigenvalue weighted by Crippen LogP contribution is -2.34. The van der Waals surface area contributed by atoms with Crippen molar-refractivity contribution in [2.75, 3.05) is 209 Å². The predicted octanol–water partition coefficient (Wildman–Crippen LogP) is 2.64. The number of carbonyl (C=O) groups excluding carboxylic acids is 2. The second-order valence-electron chi connectivity index (χ2n) is 27.3. The van der Waals surface area contributed by atoms with E-state index in [0.717, 1.165) is 57.5 Å². The number of anilines is 1. The number of H-pyrrole nitrogens is 1. The van der Waals surface area contributed by atoms with Crippen LogP contribution in [0.5, 0.6) is 0 Å². The summed E-state index contributed by atoms with van der Waals surface area (Å²) >= 11 is 0. The molecule has 670 valence electrons. The van der Waals surface area contributed by atoms with Gasteiger partial charge in [0.1, 0.15) is 31.0 Å². The Bertz CT molecular complexity index is 4410. The minimum atomic E-state index is -6.05. The monoisotopic (exact) mass is 1790 g/mol. The fraction of sp³-hybridized carbons (Fsp3) is 0.630. The molecule has 1 fully saturated rings. The smallest absolute Gasteiger partial charge is 0.478 e. The highest BCUT2D eigenvalue weighted by Gasteiger charge is 2.46. The molecule has 9 N–H and O–H groups in total. The summed E-state index contributed by atoms with van der Waals surface area (Å²) < 4.78 is 194. The number of aromatic nitrogens is 2. The molecule has 1 saturated heterocycles. The highest BCUT2D eigenvalue weighted by atomic mass is 32.2. The number of phosphoric ester groups is 1. The van der Waals surface area contributed by atoms with Crippen LogP contribution < -0.4 is 31.7 Å². The van der Waals surface area contributed by atoms with Crippen molar-refractivity contribution in [2.24, 2.45) is 0 Å². The fourth-order valence-electron chi connectivity index (χ4n) is 12.1. The van der Waals surface area contributed by atoms with Gasteiger partial charge in [-0.3, -0.25) is 42.1 Å². The largest absolute Gasteiger partial charge is 0.756 e. The van der Waals surface area contributed by atoms with Crippen LogP contribution in [0.4, 0.5) is 11.4 Å². The van der Waals surface area contributed by atoms with Gasteiger partial charge in [0, 0.05) is 73.1 Å². The van der Waals surface area contributed by atoms with Crippen LogP contribution in [0.3, 0.4) is 0 Å². The van der Waals surface area contributed by atoms with Crippen molar-refractivity contribution < 1.29 is 158 Å². The summed E-state index contributed by atoms with van der Waals surface area (Å²) in [5, 5.41) is 15.7. The molecule has 2 amide bonds. The van der Waals surface area contributed by atoms with E-state index in [4.69, 9.17) is 76.1 Å². The quantitative estimate of drug-likeness (QED) is 0.00979. The second-order valence-corrected chi connectivity index (χ2v) is 34.5. The first-order chi connectivity index (χ1) is 56.5. The van der Waals surface area contributed by atoms with E-state index >= 15 is 0 Å². The number of hydrogen-bond donors (Lipinski definition) is 9. The Morgan fingerprint density at radius 2 is 1.13 bits per heavy atom. The Morgan fingerprint density at radius 3 is 1.62 bits per heavy atom. The van der Waals surface area contributed by atoms with Gasteiger partial charge in [0.15, 0.2) is 5.71 Å². The molecule has 0 saturated carbocycles. The molecule has 2 aromatic carbocycles. The molecule has 3 aliphatic heterocycles. The number of ether oxygens (including phenoxy) is 14. The van der Waals surface area contributed by atoms with Gasteiger partial charge >= 0.3 is 21.3 Å². The second kappa shape index (κ2) is 51.9. The van der Waals surface area contributed by atoms with Crippen molar-refractivity contribution in [3.63, 3.8) is 0 Å². The first kappa shape index (κ1) is 102. The summed E-state index contributed by atoms with van der Waals surface area (Å²) in [6, 6.07) is 9.27. The highest BCUT2D eigenvalue weighted by Crippen LogP contribution is 2.64. The number of hydrogen-bond acceptors (Lipinski definition) is 31. The summed E-state index contributed by atoms with van der Waals surface area (Å²) in [4.78, 5) is 91.9. The van der Waals surface area contributed by atoms with E-state index in [-0.39, 0.29) is 60.7 Å². The molecule has 4 heterocycles. The van der Waals surface area contributed by atoms with E-state index in [9.17, 15) is 73.7 Å². The number of likely N-dealkylation sites (N-methyl/N-ethyl adjacent to an activating group) is 1. The van der Waals surface area contributed by atoms with Gasteiger partial charge in [-0.15, -0.1) is 0 Å². The van der Waals surface area contributed by atoms with Crippen LogP contribution >= 0.6 is 23.5 Å². The number of amides is 2. The molecule has 41 nitrogen and oxygen atoms in total. The van der Waals surface area contributed by atoms with Crippen LogP contribution in [0.25, 0.3) is 0 Å². The normalized spacial score (nSPS) is 17.9. The number of carbonyl (C=O) groups is 2. The van der Waals surface area contributed by atoms with Gasteiger partial charge in [-0.05, 0) is 75.6 Å². The standard InChI is InChI=1S/C73H111N6O35P3S2/c1-6-77-61-20-18-57(118(92,93)94)50-59(61)72(2,3)65(77)15-9-7-10-16-66-73(4,5)60-51-58(119(95,96)97)19-21-62(60)78(66)24-12-8-11-17-67(81)75-23-25-98-26-27-99-28-29-100-30-31-101-32-33-102-34-35-103-36-37-104-38-39-105-40-41-106-42-43-107-44-45-108-46-47-109-48-49-110-55-68(82)74-22-13-14-56-53-79(71(84)76-70(56)83)69-52-63(80)64(112-69)54-111-116(88,89)114-117(90,91)113-115(85,86)87/h7,9-10,15-16,18-21,50-51,53,63-64,69,80H,6,8,11-12,17,22-49,52,54-55H2,1-5H3,(H8-,74,75,76,81,82,83,84,85,86,87,88,89,90,91,92,93,94,95,96,97). The van der Waals surface area contributed by atoms with Gasteiger partial charge < -0.3 is 107 Å². The zero-order valence-electron chi connectivity index (χ0n) is 67.1. The number of phosphoric acid groups is 3. The van der Waals surface area contributed by atoms with Crippen LogP contribution in [0.15, 0.2) is 98.1 Å². The van der Waals surface area contributed by atoms with E-state index < -0.39 is 96.7 Å². The number of aliphatic hydroxyl groups is 1. The maximum Gasteiger partial charge on any atom is 0.478 e. The lowest BCUT2D eigenvalue weighted by molar-refractivity contribution is -0.438. The molecule has 0 aliphatic carbocycles. The van der Waals surface area contributed by atoms with Crippen molar-refractivity contribution >= 4 is 72.6 Å². The van der Waals surface area contributed by atoms with Crippen LogP contribution in [-0.4, -0.2) is 294 Å². The predicted molar refractivity (Wildman–Crippen MR) is 423 cm³/mol. The molecule has 46 heteroatoms. The third-order valence-electron chi connectivity index (χ3n) is 17.8. The van der Waals surface area contributed by atoms with Crippen molar-refractivity contribution in [3.8, 4) is 11.8 Å². The summed E-state index contributed by atoms with van der Waals surface area (Å²) in [6.07, 6.45) is 8.62. The lowest BCUT2D eigenvalue weighted by Gasteiger charge is -2.25. The van der Waals surface area contributed by atoms with E-state index in [2.05, 4.69) is 45.1 Å². The lowest BCUT2D eigenvalue weighted by atomic mass is 9.81. The number of rotatable bonds is 62. The van der Waals surface area contributed by atoms with Gasteiger partial charge in [0.25, 0.3) is 33.6 Å². The van der Waals surface area contributed by atoms with Crippen molar-refractivity contribution in [2.45, 2.75) is 106 Å². The van der Waals surface area contributed by atoms with Crippen molar-refractivity contribution in [1.29, 1.82) is 0 Å². The molecule has 1 aromatic heterocycles. The van der Waals surface area contributed by atoms with E-state index in [1.165, 1.54) is 24.3 Å². The summed E-state index contributed by atoms with van der Waals surface area (Å²) in [5.74, 6) is 4.42. The Labute approximate surface area is 690 Å². The SMILES string of the molecule is CCN1C(=CC=CC=CC2=[N+](CCCCCC(=O)NCCOCCOCCOCCOCCOCCOCCOCCOCCOCCOCCOCCOCCOCC(=O)NCC#Cc3cn(C4CC(O)C(COP(=O)(O)OP(=O)([O-])OP(=O)(O)O)O4)c(=O)[nH]c3=O)c3ccc(S(=O)(=O)O)cc3C2(C)C)C(C)(C)c2cc(S(=O)(=O)O)ccc21. The Kier molecular flexibility index (Phi) is 44.4. The minimum absolute atomic E-state index is 0.0760. The Hall–Kier alpha value is -6.06. The number of aromatic amines is 1. The zero-order chi connectivity index (χ0) is 87.0. The van der Waals surface area contributed by atoms with Crippen LogP contribution in [-0.2, 0) is 134 Å². The Balaban J connectivity index is 0.645. The van der Waals surface area contributed by atoms with Crippen molar-refractivity contribution in [3.05, 3.63) is 116 Å². The van der Waals surface area contributed by atoms with Gasteiger partial charge in [0.05, 0.1) is 200 Å². The van der Waals surface area contributed by atoms with Crippen LogP contribution in [0.1, 0.15) is 89.6 Å². The molecular formula is C73H111N6O35P3S2. The zero-order valence-corrected chi connectivity index (χ0v) is 71.5. The first-order valence-electron chi connectivity index (χ1n) is 38.2. The topological polar surface area (TPSA) is 540 Å². The molecule has 5 unspecified atom stereocenters. The molecule has 5 atom stereocenters. The van der Waals surface area contributed by atoms with Gasteiger partial charge in [0.2, 0.25) is 17.5 Å². The van der Waals surface area contributed by atoms with Gasteiger partial charge in [-0.1, -0.05) is 43.9 Å². The van der Waals surface area contributed by atoms with Gasteiger partial charge in [-0.25, -0.2) is 22.5 Å². The number of benzene rings is 2. The number of allylic oxidation sites excluding steroid dienone is 6. The summed E-state index contributed by atoms with van der Waals surface area (Å²) in [7, 11) is -26.2. The maximum absolute atomic E-state index is 12.7. The molecule has 3 aromatic rings. The molecule has 0 bridgehead atoms. The molecule has 6 rings (SSSR count). The fourth-order valence-corrected chi connectivity index (χ4v) is 16.1. The highest BCUT2D eigenvalue weighted by molar-refractivity contribution is 7.86. The van der Waals surface area contributed by atoms with Crippen molar-refractivity contribution in [1.82, 2.24) is 20.2 Å². The summed E-state index contributed by atoms with van der Waals surface area (Å²) in [6.45, 7) is 19.1. The number of fused-ring (bicyclic) bond motifs is 2. The van der Waals surface area contributed by atoms with Gasteiger partial charge in [-0.2, -0.15) is 21.4 Å². The third-order valence-corrected chi connectivity index (χ3v) is 23.3. The minimum Gasteiger partial charge on any atom is -0.756 e. The molecule has 3 aliphatic rings. The molecule has 0 spiro atoms. The van der Waals surface area contributed by atoms with Crippen LogP contribution in [0, 0.1) is 11.8 Å². The van der Waals surface area contributed by atoms with E-state index in [1.54, 1.807) is 12.1 Å². The summed E-state index contributed by atoms with van der Waals surface area (Å²) in [5.41, 5.74) is 1.78. The number of nitrogens with one attached hydrogen (secondary N) is 3. The third kappa shape index (κ3) is 37.1. The average molecular weight is 1790 g/mol. The first-order valence-corrected chi connectivity index (χ1v) is 45.6. The molecule has 119 heavy (non-hydrogen) atoms.